The van der Waals surface area contributed by atoms with Crippen molar-refractivity contribution in [3.8, 4) is 0 Å². The molecule has 1 unspecified atom stereocenters. The van der Waals surface area contributed by atoms with Crippen molar-refractivity contribution < 1.29 is 0 Å². The molecule has 0 spiro atoms. The standard InChI is InChI=1S/C15H18N2/c1-10-5-6-12-9-13(7-8-14(12)17-10)15(16)11-3-2-4-11/h5-9,11,15H,2-4,16H2,1H3. The maximum absolute atomic E-state index is 6.30. The van der Waals surface area contributed by atoms with Gasteiger partial charge in [-0.25, -0.2) is 0 Å². The van der Waals surface area contributed by atoms with Crippen LogP contribution in [0, 0.1) is 12.8 Å². The van der Waals surface area contributed by atoms with Gasteiger partial charge in [0.25, 0.3) is 0 Å². The Hall–Kier alpha value is -1.41. The lowest BCUT2D eigenvalue weighted by Gasteiger charge is -2.31. The quantitative estimate of drug-likeness (QED) is 0.853. The molecule has 1 aliphatic rings. The smallest absolute Gasteiger partial charge is 0.0705 e. The summed E-state index contributed by atoms with van der Waals surface area (Å²) < 4.78 is 0. The van der Waals surface area contributed by atoms with Gasteiger partial charge < -0.3 is 5.73 Å². The number of rotatable bonds is 2. The second-order valence-electron chi connectivity index (χ2n) is 5.12. The minimum absolute atomic E-state index is 0.203. The average molecular weight is 226 g/mol. The van der Waals surface area contributed by atoms with E-state index >= 15 is 0 Å². The van der Waals surface area contributed by atoms with Crippen molar-refractivity contribution in [2.75, 3.05) is 0 Å². The van der Waals surface area contributed by atoms with E-state index in [9.17, 15) is 0 Å². The Morgan fingerprint density at radius 1 is 1.24 bits per heavy atom. The zero-order valence-corrected chi connectivity index (χ0v) is 10.2. The van der Waals surface area contributed by atoms with E-state index in [0.29, 0.717) is 5.92 Å². The molecule has 1 atom stereocenters. The van der Waals surface area contributed by atoms with Crippen molar-refractivity contribution in [2.45, 2.75) is 32.2 Å². The molecule has 0 bridgehead atoms. The molecule has 1 fully saturated rings. The van der Waals surface area contributed by atoms with Crippen LogP contribution in [0.15, 0.2) is 30.3 Å². The summed E-state index contributed by atoms with van der Waals surface area (Å²) in [6.45, 7) is 2.02. The molecular weight excluding hydrogens is 208 g/mol. The largest absolute Gasteiger partial charge is 0.324 e. The van der Waals surface area contributed by atoms with Crippen molar-refractivity contribution in [3.63, 3.8) is 0 Å². The number of hydrogen-bond acceptors (Lipinski definition) is 2. The topological polar surface area (TPSA) is 38.9 Å². The fourth-order valence-corrected chi connectivity index (χ4v) is 2.52. The van der Waals surface area contributed by atoms with E-state index < -0.39 is 0 Å². The van der Waals surface area contributed by atoms with E-state index in [4.69, 9.17) is 5.73 Å². The maximum atomic E-state index is 6.30. The van der Waals surface area contributed by atoms with E-state index in [1.165, 1.54) is 30.2 Å². The van der Waals surface area contributed by atoms with Gasteiger partial charge in [-0.15, -0.1) is 0 Å². The highest BCUT2D eigenvalue weighted by molar-refractivity contribution is 5.79. The van der Waals surface area contributed by atoms with Gasteiger partial charge in [0.05, 0.1) is 5.52 Å². The first-order chi connectivity index (χ1) is 8.24. The van der Waals surface area contributed by atoms with Crippen LogP contribution in [-0.4, -0.2) is 4.98 Å². The summed E-state index contributed by atoms with van der Waals surface area (Å²) in [7, 11) is 0. The Morgan fingerprint density at radius 3 is 2.76 bits per heavy atom. The molecule has 0 amide bonds. The van der Waals surface area contributed by atoms with E-state index in [-0.39, 0.29) is 6.04 Å². The number of benzene rings is 1. The van der Waals surface area contributed by atoms with E-state index in [1.54, 1.807) is 0 Å². The first-order valence-corrected chi connectivity index (χ1v) is 6.37. The molecule has 88 valence electrons. The number of pyridine rings is 1. The Morgan fingerprint density at radius 2 is 2.06 bits per heavy atom. The molecule has 1 aromatic heterocycles. The van der Waals surface area contributed by atoms with Gasteiger partial charge in [0, 0.05) is 17.1 Å². The minimum Gasteiger partial charge on any atom is -0.324 e. The Balaban J connectivity index is 1.98. The Kier molecular flexibility index (Phi) is 2.60. The lowest BCUT2D eigenvalue weighted by molar-refractivity contribution is 0.264. The van der Waals surface area contributed by atoms with Crippen LogP contribution in [0.5, 0.6) is 0 Å². The first-order valence-electron chi connectivity index (χ1n) is 6.37. The third-order valence-corrected chi connectivity index (χ3v) is 3.90. The fourth-order valence-electron chi connectivity index (χ4n) is 2.52. The predicted octanol–water partition coefficient (Wildman–Crippen LogP) is 3.34. The number of nitrogens with two attached hydrogens (primary N) is 1. The molecule has 0 radical (unpaired) electrons. The zero-order valence-electron chi connectivity index (χ0n) is 10.2. The van der Waals surface area contributed by atoms with E-state index in [2.05, 4.69) is 35.3 Å². The maximum Gasteiger partial charge on any atom is 0.0705 e. The van der Waals surface area contributed by atoms with Crippen LogP contribution in [0.3, 0.4) is 0 Å². The van der Waals surface area contributed by atoms with Crippen molar-refractivity contribution in [1.29, 1.82) is 0 Å². The average Bonchev–Trinajstić information content (AvgIpc) is 2.26. The molecule has 0 saturated heterocycles. The highest BCUT2D eigenvalue weighted by Gasteiger charge is 2.25. The molecule has 1 saturated carbocycles. The molecule has 1 aromatic carbocycles. The highest BCUT2D eigenvalue weighted by atomic mass is 14.7. The second kappa shape index (κ2) is 4.11. The molecule has 2 N–H and O–H groups in total. The number of aryl methyl sites for hydroxylation is 1. The van der Waals surface area contributed by atoms with Crippen LogP contribution in [-0.2, 0) is 0 Å². The fraction of sp³-hybridized carbons (Fsp3) is 0.400. The molecule has 2 heteroatoms. The van der Waals surface area contributed by atoms with Gasteiger partial charge in [-0.3, -0.25) is 4.98 Å². The lowest BCUT2D eigenvalue weighted by atomic mass is 9.77. The van der Waals surface area contributed by atoms with Crippen LogP contribution < -0.4 is 5.73 Å². The monoisotopic (exact) mass is 226 g/mol. The Labute approximate surface area is 102 Å². The second-order valence-corrected chi connectivity index (χ2v) is 5.12. The van der Waals surface area contributed by atoms with Crippen LogP contribution >= 0.6 is 0 Å². The Bertz CT molecular complexity index is 544. The molecule has 17 heavy (non-hydrogen) atoms. The summed E-state index contributed by atoms with van der Waals surface area (Å²) in [5, 5.41) is 1.20. The van der Waals surface area contributed by atoms with Gasteiger partial charge in [0.2, 0.25) is 0 Å². The number of fused-ring (bicyclic) bond motifs is 1. The van der Waals surface area contributed by atoms with Gasteiger partial charge in [0.15, 0.2) is 0 Å². The molecule has 2 aromatic rings. The normalized spacial score (nSPS) is 18.0. The number of hydrogen-bond donors (Lipinski definition) is 1. The van der Waals surface area contributed by atoms with E-state index in [0.717, 1.165) is 11.2 Å². The lowest BCUT2D eigenvalue weighted by Crippen LogP contribution is -2.26. The van der Waals surface area contributed by atoms with Gasteiger partial charge in [-0.2, -0.15) is 0 Å². The van der Waals surface area contributed by atoms with Crippen molar-refractivity contribution in [3.05, 3.63) is 41.6 Å². The van der Waals surface area contributed by atoms with E-state index in [1.807, 2.05) is 6.92 Å². The molecule has 0 aliphatic heterocycles. The minimum atomic E-state index is 0.203. The summed E-state index contributed by atoms with van der Waals surface area (Å²) in [6.07, 6.45) is 3.91. The molecule has 1 aliphatic carbocycles. The summed E-state index contributed by atoms with van der Waals surface area (Å²) in [5.74, 6) is 0.686. The SMILES string of the molecule is Cc1ccc2cc(C(N)C3CCC3)ccc2n1. The van der Waals surface area contributed by atoms with Gasteiger partial charge in [0.1, 0.15) is 0 Å². The van der Waals surface area contributed by atoms with Gasteiger partial charge in [-0.1, -0.05) is 18.6 Å². The molecule has 3 rings (SSSR count). The summed E-state index contributed by atoms with van der Waals surface area (Å²) in [4.78, 5) is 4.51. The summed E-state index contributed by atoms with van der Waals surface area (Å²) in [6, 6.07) is 10.8. The number of nitrogens with zero attached hydrogens (tertiary/aromatic N) is 1. The predicted molar refractivity (Wildman–Crippen MR) is 70.7 cm³/mol. The third-order valence-electron chi connectivity index (χ3n) is 3.90. The van der Waals surface area contributed by atoms with Crippen LogP contribution in [0.1, 0.15) is 36.6 Å². The van der Waals surface area contributed by atoms with Gasteiger partial charge in [-0.05, 0) is 49.4 Å². The summed E-state index contributed by atoms with van der Waals surface area (Å²) >= 11 is 0. The number of aromatic nitrogens is 1. The molecular formula is C15H18N2. The van der Waals surface area contributed by atoms with Crippen LogP contribution in [0.2, 0.25) is 0 Å². The van der Waals surface area contributed by atoms with Crippen LogP contribution in [0.25, 0.3) is 10.9 Å². The highest BCUT2D eigenvalue weighted by Crippen LogP contribution is 2.36. The molecule has 2 nitrogen and oxygen atoms in total. The summed E-state index contributed by atoms with van der Waals surface area (Å²) in [5.41, 5.74) is 9.69. The van der Waals surface area contributed by atoms with Crippen LogP contribution in [0.4, 0.5) is 0 Å². The van der Waals surface area contributed by atoms with Gasteiger partial charge >= 0.3 is 0 Å². The third kappa shape index (κ3) is 1.93. The van der Waals surface area contributed by atoms with Crippen molar-refractivity contribution in [2.24, 2.45) is 11.7 Å². The van der Waals surface area contributed by atoms with Crippen molar-refractivity contribution in [1.82, 2.24) is 4.98 Å². The van der Waals surface area contributed by atoms with Crippen molar-refractivity contribution >= 4 is 10.9 Å². The zero-order chi connectivity index (χ0) is 11.8. The molecule has 1 heterocycles. The first kappa shape index (κ1) is 10.7.